The van der Waals surface area contributed by atoms with Gasteiger partial charge in [-0.3, -0.25) is 10.1 Å². The minimum absolute atomic E-state index is 0.106. The van der Waals surface area contributed by atoms with Crippen molar-refractivity contribution in [3.05, 3.63) is 91.0 Å². The first-order valence-corrected chi connectivity index (χ1v) is 11.3. The van der Waals surface area contributed by atoms with Crippen molar-refractivity contribution >= 4 is 45.0 Å². The van der Waals surface area contributed by atoms with Crippen LogP contribution in [0.15, 0.2) is 84.8 Å². The van der Waals surface area contributed by atoms with Gasteiger partial charge in [-0.2, -0.15) is 4.31 Å². The molecule has 0 unspecified atom stereocenters. The molecule has 2 rings (SSSR count). The zero-order chi connectivity index (χ0) is 22.9. The third kappa shape index (κ3) is 7.29. The van der Waals surface area contributed by atoms with Crippen LogP contribution in [0.4, 0.5) is 5.69 Å². The van der Waals surface area contributed by atoms with Crippen LogP contribution in [0.1, 0.15) is 11.1 Å². The number of nitrogens with zero attached hydrogens (tertiary/aromatic N) is 1. The van der Waals surface area contributed by atoms with Crippen molar-refractivity contribution in [2.45, 2.75) is 11.8 Å². The van der Waals surface area contributed by atoms with E-state index in [0.717, 1.165) is 11.1 Å². The van der Waals surface area contributed by atoms with E-state index in [-0.39, 0.29) is 29.0 Å². The summed E-state index contributed by atoms with van der Waals surface area (Å²) in [5.41, 5.74) is 2.59. The normalized spacial score (nSPS) is 11.3. The van der Waals surface area contributed by atoms with Gasteiger partial charge in [-0.05, 0) is 55.0 Å². The summed E-state index contributed by atoms with van der Waals surface area (Å²) in [4.78, 5) is 12.2. The highest BCUT2D eigenvalue weighted by molar-refractivity contribution is 7.89. The first-order valence-electron chi connectivity index (χ1n) is 9.45. The Labute approximate surface area is 189 Å². The molecule has 0 aliphatic heterocycles. The number of hydrogen-bond donors (Lipinski definition) is 2. The van der Waals surface area contributed by atoms with Crippen molar-refractivity contribution < 1.29 is 13.2 Å². The second-order valence-electron chi connectivity index (χ2n) is 6.61. The smallest absolute Gasteiger partial charge is 0.250 e. The van der Waals surface area contributed by atoms with Gasteiger partial charge in [0.15, 0.2) is 5.11 Å². The molecule has 0 aliphatic carbocycles. The summed E-state index contributed by atoms with van der Waals surface area (Å²) in [5, 5.41) is 5.52. The molecular weight excluding hydrogens is 430 g/mol. The van der Waals surface area contributed by atoms with Crippen molar-refractivity contribution in [1.82, 2.24) is 9.62 Å². The molecule has 0 heterocycles. The maximum absolute atomic E-state index is 12.7. The fraction of sp³-hybridized carbons (Fsp3) is 0.130. The molecule has 6 nitrogen and oxygen atoms in total. The highest BCUT2D eigenvalue weighted by Gasteiger charge is 2.22. The molecule has 0 aliphatic rings. The van der Waals surface area contributed by atoms with Crippen molar-refractivity contribution in [2.75, 3.05) is 18.4 Å². The lowest BCUT2D eigenvalue weighted by molar-refractivity contribution is -0.115. The van der Waals surface area contributed by atoms with Crippen LogP contribution in [0.5, 0.6) is 0 Å². The van der Waals surface area contributed by atoms with Gasteiger partial charge in [-0.1, -0.05) is 42.0 Å². The summed E-state index contributed by atoms with van der Waals surface area (Å²) in [7, 11) is -3.67. The van der Waals surface area contributed by atoms with E-state index in [9.17, 15) is 13.2 Å². The molecule has 0 saturated carbocycles. The average Bonchev–Trinajstić information content (AvgIpc) is 2.73. The third-order valence-electron chi connectivity index (χ3n) is 4.16. The number of carbonyl (C=O) groups excluding carboxylic acids is 1. The maximum atomic E-state index is 12.7. The molecule has 2 N–H and O–H groups in total. The monoisotopic (exact) mass is 455 g/mol. The molecular formula is C23H25N3O3S2. The van der Waals surface area contributed by atoms with Crippen LogP contribution in [0.3, 0.4) is 0 Å². The van der Waals surface area contributed by atoms with E-state index in [1.165, 1.54) is 34.7 Å². The van der Waals surface area contributed by atoms with E-state index in [2.05, 4.69) is 23.8 Å². The summed E-state index contributed by atoms with van der Waals surface area (Å²) < 4.78 is 26.7. The van der Waals surface area contributed by atoms with Gasteiger partial charge < -0.3 is 5.32 Å². The molecule has 2 aromatic rings. The summed E-state index contributed by atoms with van der Waals surface area (Å²) in [6.07, 6.45) is 6.12. The average molecular weight is 456 g/mol. The summed E-state index contributed by atoms with van der Waals surface area (Å²) in [5.74, 6) is -0.373. The Kier molecular flexibility index (Phi) is 8.87. The second-order valence-corrected chi connectivity index (χ2v) is 8.96. The number of benzene rings is 2. The molecule has 0 radical (unpaired) electrons. The molecule has 8 heteroatoms. The second kappa shape index (κ2) is 11.4. The number of thiocarbonyl (C=S) groups is 1. The molecule has 31 heavy (non-hydrogen) atoms. The standard InChI is InChI=1S/C23H25N3O3S2/c1-4-16-26(17-5-2)31(28,29)21-13-11-20(12-14-21)24-23(30)25-22(27)15-10-19-8-6-18(3)7-9-19/h4-15H,1-2,16-17H2,3H3,(H2,24,25,27,30). The summed E-state index contributed by atoms with van der Waals surface area (Å²) in [6.45, 7) is 9.53. The van der Waals surface area contributed by atoms with Gasteiger partial charge >= 0.3 is 0 Å². The van der Waals surface area contributed by atoms with Crippen molar-refractivity contribution in [3.8, 4) is 0 Å². The number of anilines is 1. The van der Waals surface area contributed by atoms with Gasteiger partial charge in [0, 0.05) is 24.9 Å². The van der Waals surface area contributed by atoms with E-state index < -0.39 is 10.0 Å². The third-order valence-corrected chi connectivity index (χ3v) is 6.21. The highest BCUT2D eigenvalue weighted by Crippen LogP contribution is 2.18. The molecule has 162 valence electrons. The Hall–Kier alpha value is -3.07. The fourth-order valence-electron chi connectivity index (χ4n) is 2.58. The Morgan fingerprint density at radius 3 is 2.16 bits per heavy atom. The van der Waals surface area contributed by atoms with Gasteiger partial charge in [-0.25, -0.2) is 8.42 Å². The summed E-state index contributed by atoms with van der Waals surface area (Å²) >= 11 is 5.15. The van der Waals surface area contributed by atoms with Crippen molar-refractivity contribution in [2.24, 2.45) is 0 Å². The number of aryl methyl sites for hydroxylation is 1. The Morgan fingerprint density at radius 1 is 1.03 bits per heavy atom. The first-order chi connectivity index (χ1) is 14.8. The van der Waals surface area contributed by atoms with Crippen LogP contribution in [-0.2, 0) is 14.8 Å². The van der Waals surface area contributed by atoms with E-state index in [4.69, 9.17) is 12.2 Å². The lowest BCUT2D eigenvalue weighted by Gasteiger charge is -2.19. The van der Waals surface area contributed by atoms with E-state index >= 15 is 0 Å². The number of nitrogens with one attached hydrogen (secondary N) is 2. The Balaban J connectivity index is 1.98. The van der Waals surface area contributed by atoms with Crippen molar-refractivity contribution in [3.63, 3.8) is 0 Å². The van der Waals surface area contributed by atoms with Crippen molar-refractivity contribution in [1.29, 1.82) is 0 Å². The molecule has 0 aromatic heterocycles. The lowest BCUT2D eigenvalue weighted by Crippen LogP contribution is -2.33. The number of amides is 1. The topological polar surface area (TPSA) is 78.5 Å². The number of sulfonamides is 1. The molecule has 0 fully saturated rings. The van der Waals surface area contributed by atoms with E-state index in [0.29, 0.717) is 5.69 Å². The lowest BCUT2D eigenvalue weighted by atomic mass is 10.1. The number of rotatable bonds is 9. The van der Waals surface area contributed by atoms with Gasteiger partial charge in [0.05, 0.1) is 4.90 Å². The van der Waals surface area contributed by atoms with Crippen LogP contribution in [0.25, 0.3) is 6.08 Å². The molecule has 0 spiro atoms. The minimum Gasteiger partial charge on any atom is -0.332 e. The molecule has 0 atom stereocenters. The van der Waals surface area contributed by atoms with Crippen LogP contribution < -0.4 is 10.6 Å². The van der Waals surface area contributed by atoms with Gasteiger partial charge in [-0.15, -0.1) is 13.2 Å². The molecule has 2 aromatic carbocycles. The fourth-order valence-corrected chi connectivity index (χ4v) is 4.18. The largest absolute Gasteiger partial charge is 0.332 e. The number of carbonyl (C=O) groups is 1. The Bertz CT molecular complexity index is 1060. The first kappa shape index (κ1) is 24.2. The van der Waals surface area contributed by atoms with Crippen LogP contribution >= 0.6 is 12.2 Å². The minimum atomic E-state index is -3.67. The predicted molar refractivity (Wildman–Crippen MR) is 130 cm³/mol. The molecule has 0 bridgehead atoms. The summed E-state index contributed by atoms with van der Waals surface area (Å²) in [6, 6.07) is 13.8. The predicted octanol–water partition coefficient (Wildman–Crippen LogP) is 3.88. The molecule has 1 amide bonds. The van der Waals surface area contributed by atoms with Gasteiger partial charge in [0.1, 0.15) is 0 Å². The maximum Gasteiger partial charge on any atom is 0.250 e. The number of hydrogen-bond acceptors (Lipinski definition) is 4. The van der Waals surface area contributed by atoms with Crippen LogP contribution in [0, 0.1) is 6.92 Å². The van der Waals surface area contributed by atoms with Crippen LogP contribution in [-0.4, -0.2) is 36.8 Å². The quantitative estimate of drug-likeness (QED) is 0.341. The highest BCUT2D eigenvalue weighted by atomic mass is 32.2. The Morgan fingerprint density at radius 2 is 1.61 bits per heavy atom. The SMILES string of the molecule is C=CCN(CC=C)S(=O)(=O)c1ccc(NC(=S)NC(=O)C=Cc2ccc(C)cc2)cc1. The van der Waals surface area contributed by atoms with Gasteiger partial charge in [0.2, 0.25) is 15.9 Å². The molecule has 0 saturated heterocycles. The van der Waals surface area contributed by atoms with E-state index in [1.807, 2.05) is 31.2 Å². The zero-order valence-corrected chi connectivity index (χ0v) is 18.9. The zero-order valence-electron chi connectivity index (χ0n) is 17.2. The van der Waals surface area contributed by atoms with E-state index in [1.54, 1.807) is 18.2 Å². The van der Waals surface area contributed by atoms with Gasteiger partial charge in [0.25, 0.3) is 0 Å². The van der Waals surface area contributed by atoms with Crippen LogP contribution in [0.2, 0.25) is 0 Å².